The Hall–Kier alpha value is -5.49. The van der Waals surface area contributed by atoms with Crippen LogP contribution in [0.5, 0.6) is 5.75 Å². The number of rotatable bonds is 8. The first-order valence-corrected chi connectivity index (χ1v) is 20.9. The van der Waals surface area contributed by atoms with Gasteiger partial charge in [0.25, 0.3) is 17.7 Å². The first-order valence-electron chi connectivity index (χ1n) is 20.5. The van der Waals surface area contributed by atoms with Crippen molar-refractivity contribution >= 4 is 58.2 Å². The zero-order valence-electron chi connectivity index (χ0n) is 32.7. The number of nitrogens with one attached hydrogen (secondary N) is 1. The lowest BCUT2D eigenvalue weighted by Crippen LogP contribution is -2.58. The number of piperidine rings is 3. The molecular weight excluding hydrogens is 774 g/mol. The third-order valence-electron chi connectivity index (χ3n) is 12.9. The van der Waals surface area contributed by atoms with Crippen LogP contribution in [0, 0.1) is 24.3 Å². The standard InChI is InChI=1S/C44H46ClN7O7/c1-46-37-9-7-33(21-36(37)45)59-40-29-23-51(24-30(40)26-58-25-29)42(55)28-2-4-31(5-3-28)50-18-16-48(17-19-50)22-27-12-14-49(15-13-27)32-6-8-34-35(20-32)44(57)52(43(34)56)38-10-11-39(53)47-41(38)54/h2-9,20-21,27,29-30,38,40H,10-19,22-26H2,(H,47,53,54). The summed E-state index contributed by atoms with van der Waals surface area (Å²) in [6, 6.07) is 17.5. The molecule has 9 rings (SSSR count). The molecule has 59 heavy (non-hydrogen) atoms. The lowest BCUT2D eigenvalue weighted by Gasteiger charge is -2.46. The van der Waals surface area contributed by atoms with E-state index in [0.29, 0.717) is 65.4 Å². The summed E-state index contributed by atoms with van der Waals surface area (Å²) in [6.45, 7) is 15.8. The first kappa shape index (κ1) is 39.0. The summed E-state index contributed by atoms with van der Waals surface area (Å²) < 4.78 is 12.2. The number of benzene rings is 3. The Morgan fingerprint density at radius 2 is 1.49 bits per heavy atom. The van der Waals surface area contributed by atoms with Crippen molar-refractivity contribution in [3.8, 4) is 5.75 Å². The minimum Gasteiger partial charge on any atom is -0.490 e. The van der Waals surface area contributed by atoms with Crippen molar-refractivity contribution in [1.82, 2.24) is 20.0 Å². The fraction of sp³-hybridized carbons (Fsp3) is 0.455. The van der Waals surface area contributed by atoms with E-state index >= 15 is 0 Å². The molecule has 14 nitrogen and oxygen atoms in total. The maximum absolute atomic E-state index is 13.7. The van der Waals surface area contributed by atoms with Crippen molar-refractivity contribution < 1.29 is 33.4 Å². The van der Waals surface area contributed by atoms with Gasteiger partial charge in [-0.25, -0.2) is 4.85 Å². The van der Waals surface area contributed by atoms with E-state index in [1.165, 1.54) is 0 Å². The van der Waals surface area contributed by atoms with Crippen LogP contribution in [0.4, 0.5) is 17.1 Å². The van der Waals surface area contributed by atoms with Crippen LogP contribution in [-0.2, 0) is 14.3 Å². The SMILES string of the molecule is [C-]#[N+]c1ccc(OC2C3COCC2CN(C(=O)c2ccc(N4CCN(CC5CCN(c6ccc7c(c6)C(=O)N(C6CCC(=O)NC6=O)C7=O)CC5)CC4)cc2)C3)cc1Cl. The monoisotopic (exact) mass is 819 g/mol. The van der Waals surface area contributed by atoms with Crippen LogP contribution in [0.1, 0.15) is 56.8 Å². The molecule has 1 N–H and O–H groups in total. The van der Waals surface area contributed by atoms with Gasteiger partial charge in [0.1, 0.15) is 17.9 Å². The van der Waals surface area contributed by atoms with Gasteiger partial charge in [-0.15, -0.1) is 0 Å². The Bertz CT molecular complexity index is 2200. The number of ether oxygens (including phenoxy) is 2. The minimum atomic E-state index is -0.972. The van der Waals surface area contributed by atoms with Crippen LogP contribution in [0.3, 0.4) is 0 Å². The quantitative estimate of drug-likeness (QED) is 0.256. The molecule has 6 aliphatic heterocycles. The van der Waals surface area contributed by atoms with Crippen molar-refractivity contribution in [3.63, 3.8) is 0 Å². The second-order valence-electron chi connectivity index (χ2n) is 16.5. The molecular formula is C44H46ClN7O7. The molecule has 0 aromatic heterocycles. The summed E-state index contributed by atoms with van der Waals surface area (Å²) >= 11 is 6.26. The first-order chi connectivity index (χ1) is 28.6. The van der Waals surface area contributed by atoms with E-state index < -0.39 is 29.7 Å². The Morgan fingerprint density at radius 1 is 0.814 bits per heavy atom. The highest BCUT2D eigenvalue weighted by Crippen LogP contribution is 2.36. The molecule has 15 heteroatoms. The molecule has 0 aliphatic carbocycles. The van der Waals surface area contributed by atoms with Gasteiger partial charge in [0.15, 0.2) is 0 Å². The number of hydrogen-bond acceptors (Lipinski definition) is 10. The lowest BCUT2D eigenvalue weighted by molar-refractivity contribution is -0.136. The smallest absolute Gasteiger partial charge is 0.262 e. The van der Waals surface area contributed by atoms with E-state index in [1.54, 1.807) is 30.3 Å². The zero-order chi connectivity index (χ0) is 40.8. The molecule has 6 aliphatic rings. The summed E-state index contributed by atoms with van der Waals surface area (Å²) in [5.41, 5.74) is 3.69. The number of nitrogens with zero attached hydrogens (tertiary/aromatic N) is 6. The largest absolute Gasteiger partial charge is 0.490 e. The van der Waals surface area contributed by atoms with Crippen LogP contribution in [-0.4, -0.2) is 128 Å². The summed E-state index contributed by atoms with van der Waals surface area (Å²) in [6.07, 6.45) is 2.17. The van der Waals surface area contributed by atoms with E-state index in [1.807, 2.05) is 23.1 Å². The van der Waals surface area contributed by atoms with Gasteiger partial charge in [-0.3, -0.25) is 39.1 Å². The van der Waals surface area contributed by atoms with Crippen molar-refractivity contribution in [2.45, 2.75) is 37.8 Å². The lowest BCUT2D eigenvalue weighted by atomic mass is 9.84. The van der Waals surface area contributed by atoms with Crippen molar-refractivity contribution in [2.24, 2.45) is 17.8 Å². The average molecular weight is 820 g/mol. The van der Waals surface area contributed by atoms with Crippen LogP contribution >= 0.6 is 11.6 Å². The van der Waals surface area contributed by atoms with E-state index in [2.05, 4.69) is 37.0 Å². The van der Waals surface area contributed by atoms with Crippen LogP contribution in [0.25, 0.3) is 4.85 Å². The molecule has 5 saturated heterocycles. The predicted molar refractivity (Wildman–Crippen MR) is 219 cm³/mol. The number of hydrogen-bond donors (Lipinski definition) is 1. The van der Waals surface area contributed by atoms with Crippen molar-refractivity contribution in [1.29, 1.82) is 0 Å². The van der Waals surface area contributed by atoms with E-state index in [9.17, 15) is 24.0 Å². The number of imide groups is 2. The third kappa shape index (κ3) is 7.75. The third-order valence-corrected chi connectivity index (χ3v) is 13.2. The second kappa shape index (κ2) is 16.3. The van der Waals surface area contributed by atoms with Gasteiger partial charge in [0.2, 0.25) is 17.5 Å². The number of piperazine rings is 1. The van der Waals surface area contributed by atoms with Crippen LogP contribution in [0.2, 0.25) is 5.02 Å². The maximum Gasteiger partial charge on any atom is 0.262 e. The van der Waals surface area contributed by atoms with Crippen LogP contribution in [0.15, 0.2) is 60.7 Å². The van der Waals surface area contributed by atoms with Gasteiger partial charge in [-0.2, -0.15) is 0 Å². The molecule has 3 aromatic carbocycles. The fourth-order valence-electron chi connectivity index (χ4n) is 9.65. The number of anilines is 2. The number of likely N-dealkylation sites (tertiary alicyclic amines) is 1. The van der Waals surface area contributed by atoms with Gasteiger partial charge in [0.05, 0.1) is 35.9 Å². The van der Waals surface area contributed by atoms with E-state index in [-0.39, 0.29) is 36.7 Å². The van der Waals surface area contributed by atoms with Gasteiger partial charge in [0, 0.05) is 94.1 Å². The fourth-order valence-corrected chi connectivity index (χ4v) is 9.86. The maximum atomic E-state index is 13.7. The summed E-state index contributed by atoms with van der Waals surface area (Å²) in [5.74, 6) is -0.711. The number of carbonyl (C=O) groups excluding carboxylic acids is 5. The molecule has 306 valence electrons. The van der Waals surface area contributed by atoms with Crippen LogP contribution < -0.4 is 19.9 Å². The van der Waals surface area contributed by atoms with Crippen molar-refractivity contribution in [3.05, 3.63) is 93.8 Å². The Kier molecular flexibility index (Phi) is 10.8. The normalized spacial score (nSPS) is 25.2. The van der Waals surface area contributed by atoms with Gasteiger partial charge < -0.3 is 24.2 Å². The minimum absolute atomic E-state index is 0.0170. The van der Waals surface area contributed by atoms with E-state index in [0.717, 1.165) is 74.9 Å². The highest BCUT2D eigenvalue weighted by molar-refractivity contribution is 6.33. The molecule has 2 bridgehead atoms. The molecule has 3 aromatic rings. The number of carbonyl (C=O) groups is 5. The van der Waals surface area contributed by atoms with Crippen molar-refractivity contribution in [2.75, 3.05) is 81.9 Å². The Balaban J connectivity index is 0.732. The highest BCUT2D eigenvalue weighted by atomic mass is 35.5. The molecule has 6 heterocycles. The molecule has 0 spiro atoms. The molecule has 5 amide bonds. The molecule has 3 unspecified atom stereocenters. The summed E-state index contributed by atoms with van der Waals surface area (Å²) in [5, 5.41) is 2.61. The van der Waals surface area contributed by atoms with Gasteiger partial charge in [-0.1, -0.05) is 17.7 Å². The number of fused-ring (bicyclic) bond motifs is 3. The number of amides is 5. The molecule has 3 atom stereocenters. The summed E-state index contributed by atoms with van der Waals surface area (Å²) in [4.78, 5) is 77.8. The van der Waals surface area contributed by atoms with Gasteiger partial charge in [-0.05, 0) is 79.8 Å². The van der Waals surface area contributed by atoms with Gasteiger partial charge >= 0.3 is 0 Å². The molecule has 0 saturated carbocycles. The topological polar surface area (TPSA) is 136 Å². The second-order valence-corrected chi connectivity index (χ2v) is 16.9. The highest BCUT2D eigenvalue weighted by Gasteiger charge is 2.46. The summed E-state index contributed by atoms with van der Waals surface area (Å²) in [7, 11) is 0. The molecule has 0 radical (unpaired) electrons. The molecule has 5 fully saturated rings. The van der Waals surface area contributed by atoms with E-state index in [4.69, 9.17) is 27.6 Å². The number of halogens is 1. The predicted octanol–water partition coefficient (Wildman–Crippen LogP) is 4.50. The average Bonchev–Trinajstić information content (AvgIpc) is 3.49. The Morgan fingerprint density at radius 3 is 2.17 bits per heavy atom. The zero-order valence-corrected chi connectivity index (χ0v) is 33.4. The Labute approximate surface area is 347 Å².